The van der Waals surface area contributed by atoms with Gasteiger partial charge >= 0.3 is 0 Å². The van der Waals surface area contributed by atoms with Crippen molar-refractivity contribution in [1.82, 2.24) is 24.5 Å². The normalized spacial score (nSPS) is 17.0. The zero-order chi connectivity index (χ0) is 24.0. The number of para-hydroxylation sites is 1. The molecule has 1 saturated heterocycles. The number of hydrogen-bond acceptors (Lipinski definition) is 5. The summed E-state index contributed by atoms with van der Waals surface area (Å²) in [6, 6.07) is 16.5. The van der Waals surface area contributed by atoms with Gasteiger partial charge in [-0.2, -0.15) is 0 Å². The maximum absolute atomic E-state index is 12.9. The molecule has 0 radical (unpaired) electrons. The lowest BCUT2D eigenvalue weighted by Crippen LogP contribution is -2.55. The van der Waals surface area contributed by atoms with Crippen LogP contribution in [0.15, 0.2) is 48.5 Å². The summed E-state index contributed by atoms with van der Waals surface area (Å²) in [6.45, 7) is 12.6. The molecule has 1 amide bonds. The minimum absolute atomic E-state index is 0.0224. The summed E-state index contributed by atoms with van der Waals surface area (Å²) in [5.41, 5.74) is 3.88. The Hall–Kier alpha value is -3.48. The monoisotopic (exact) mass is 456 g/mol. The maximum atomic E-state index is 12.9. The average Bonchev–Trinajstić information content (AvgIpc) is 3.23. The van der Waals surface area contributed by atoms with Crippen molar-refractivity contribution < 1.29 is 4.79 Å². The Balaban J connectivity index is 1.57. The number of nitrogens with zero attached hydrogens (tertiary/aromatic N) is 6. The van der Waals surface area contributed by atoms with Crippen molar-refractivity contribution in [2.75, 3.05) is 24.5 Å². The molecule has 7 heteroatoms. The van der Waals surface area contributed by atoms with Crippen LogP contribution in [-0.2, 0) is 4.79 Å². The van der Waals surface area contributed by atoms with Crippen LogP contribution in [0.25, 0.3) is 27.9 Å². The lowest BCUT2D eigenvalue weighted by molar-refractivity contribution is -0.135. The summed E-state index contributed by atoms with van der Waals surface area (Å²) in [5.74, 6) is 1.83. The minimum Gasteiger partial charge on any atom is -0.338 e. The summed E-state index contributed by atoms with van der Waals surface area (Å²) in [7, 11) is 0. The molecular formula is C27H32N6O. The highest BCUT2D eigenvalue weighted by molar-refractivity contribution is 5.93. The van der Waals surface area contributed by atoms with Gasteiger partial charge in [-0.3, -0.25) is 4.79 Å². The van der Waals surface area contributed by atoms with Crippen molar-refractivity contribution >= 4 is 28.4 Å². The van der Waals surface area contributed by atoms with Gasteiger partial charge in [0.15, 0.2) is 11.5 Å². The van der Waals surface area contributed by atoms with Crippen molar-refractivity contribution in [3.05, 3.63) is 54.1 Å². The summed E-state index contributed by atoms with van der Waals surface area (Å²) in [4.78, 5) is 22.3. The molecule has 4 aromatic rings. The van der Waals surface area contributed by atoms with E-state index in [1.54, 1.807) is 0 Å². The van der Waals surface area contributed by atoms with Crippen LogP contribution in [0.5, 0.6) is 0 Å². The third-order valence-electron chi connectivity index (χ3n) is 6.45. The molecule has 2 aromatic carbocycles. The van der Waals surface area contributed by atoms with Crippen LogP contribution in [0, 0.1) is 12.3 Å². The van der Waals surface area contributed by atoms with E-state index in [2.05, 4.69) is 78.4 Å². The smallest absolute Gasteiger partial charge is 0.223 e. The minimum atomic E-state index is -0.0224. The zero-order valence-electron chi connectivity index (χ0n) is 20.6. The van der Waals surface area contributed by atoms with Gasteiger partial charge in [-0.25, -0.2) is 9.38 Å². The quantitative estimate of drug-likeness (QED) is 0.446. The number of fused-ring (bicyclic) bond motifs is 3. The standard InChI is InChI=1S/C27H32N6O/c1-18-10-12-20(13-11-18)24-29-30-25-21-8-6-7-9-22(21)28-26(33(24)25)31-14-15-32(19(2)17-31)23(34)16-27(3,4)5/h6-13,19H,14-17H2,1-5H3. The lowest BCUT2D eigenvalue weighted by atomic mass is 9.91. The Morgan fingerprint density at radius 3 is 2.47 bits per heavy atom. The molecule has 1 aliphatic heterocycles. The first kappa shape index (κ1) is 22.3. The molecule has 1 unspecified atom stereocenters. The highest BCUT2D eigenvalue weighted by atomic mass is 16.2. The van der Waals surface area contributed by atoms with Gasteiger partial charge in [0.1, 0.15) is 0 Å². The predicted molar refractivity (Wildman–Crippen MR) is 136 cm³/mol. The molecule has 0 N–H and O–H groups in total. The lowest BCUT2D eigenvalue weighted by Gasteiger charge is -2.41. The largest absolute Gasteiger partial charge is 0.338 e. The van der Waals surface area contributed by atoms with Crippen LogP contribution in [0.2, 0.25) is 0 Å². The molecule has 7 nitrogen and oxygen atoms in total. The number of anilines is 1. The third-order valence-corrected chi connectivity index (χ3v) is 6.45. The number of aromatic nitrogens is 4. The fourth-order valence-electron chi connectivity index (χ4n) is 4.73. The van der Waals surface area contributed by atoms with E-state index in [4.69, 9.17) is 4.98 Å². The van der Waals surface area contributed by atoms with Crippen molar-refractivity contribution in [1.29, 1.82) is 0 Å². The van der Waals surface area contributed by atoms with Crippen molar-refractivity contribution in [2.45, 2.75) is 47.1 Å². The molecule has 176 valence electrons. The van der Waals surface area contributed by atoms with E-state index in [9.17, 15) is 4.79 Å². The van der Waals surface area contributed by atoms with Crippen LogP contribution in [-0.4, -0.2) is 56.1 Å². The van der Waals surface area contributed by atoms with Gasteiger partial charge in [-0.15, -0.1) is 10.2 Å². The summed E-state index contributed by atoms with van der Waals surface area (Å²) in [5, 5.41) is 10.1. The van der Waals surface area contributed by atoms with Crippen LogP contribution in [0.1, 0.15) is 39.7 Å². The predicted octanol–water partition coefficient (Wildman–Crippen LogP) is 4.73. The van der Waals surface area contributed by atoms with E-state index in [1.807, 2.05) is 29.2 Å². The zero-order valence-corrected chi connectivity index (χ0v) is 20.6. The van der Waals surface area contributed by atoms with E-state index >= 15 is 0 Å². The van der Waals surface area contributed by atoms with Gasteiger partial charge in [0.25, 0.3) is 0 Å². The van der Waals surface area contributed by atoms with Crippen LogP contribution in [0.3, 0.4) is 0 Å². The number of carbonyl (C=O) groups is 1. The summed E-state index contributed by atoms with van der Waals surface area (Å²) in [6.07, 6.45) is 0.554. The van der Waals surface area contributed by atoms with Gasteiger partial charge in [-0.1, -0.05) is 62.7 Å². The molecule has 0 aliphatic carbocycles. The fourth-order valence-corrected chi connectivity index (χ4v) is 4.73. The summed E-state index contributed by atoms with van der Waals surface area (Å²) >= 11 is 0. The van der Waals surface area contributed by atoms with Crippen LogP contribution >= 0.6 is 0 Å². The van der Waals surface area contributed by atoms with E-state index in [-0.39, 0.29) is 17.4 Å². The SMILES string of the molecule is Cc1ccc(-c2nnc3c4ccccc4nc(N4CCN(C(=O)CC(C)(C)C)C(C)C4)n23)cc1. The highest BCUT2D eigenvalue weighted by Gasteiger charge is 2.31. The molecule has 0 spiro atoms. The second-order valence-electron chi connectivity index (χ2n) is 10.6. The Morgan fingerprint density at radius 2 is 1.76 bits per heavy atom. The molecule has 5 rings (SSSR count). The first-order valence-electron chi connectivity index (χ1n) is 12.0. The fraction of sp³-hybridized carbons (Fsp3) is 0.407. The topological polar surface area (TPSA) is 66.6 Å². The van der Waals surface area contributed by atoms with Crippen molar-refractivity contribution in [3.8, 4) is 11.4 Å². The molecular weight excluding hydrogens is 424 g/mol. The second-order valence-corrected chi connectivity index (χ2v) is 10.6. The number of rotatable bonds is 3. The number of piperazine rings is 1. The molecule has 1 aliphatic rings. The highest BCUT2D eigenvalue weighted by Crippen LogP contribution is 2.30. The van der Waals surface area contributed by atoms with E-state index < -0.39 is 0 Å². The molecule has 3 heterocycles. The van der Waals surface area contributed by atoms with Crippen LogP contribution < -0.4 is 4.90 Å². The Bertz CT molecular complexity index is 1350. The molecule has 1 fully saturated rings. The molecule has 0 bridgehead atoms. The van der Waals surface area contributed by atoms with Crippen LogP contribution in [0.4, 0.5) is 5.95 Å². The Morgan fingerprint density at radius 1 is 1.03 bits per heavy atom. The Kier molecular flexibility index (Phi) is 5.50. The van der Waals surface area contributed by atoms with Crippen molar-refractivity contribution in [2.24, 2.45) is 5.41 Å². The number of carbonyl (C=O) groups excluding carboxylic acids is 1. The molecule has 0 saturated carbocycles. The molecule has 1 atom stereocenters. The first-order chi connectivity index (χ1) is 16.2. The third kappa shape index (κ3) is 4.11. The van der Waals surface area contributed by atoms with E-state index in [0.29, 0.717) is 26.1 Å². The van der Waals surface area contributed by atoms with Gasteiger partial charge in [0.2, 0.25) is 11.9 Å². The van der Waals surface area contributed by atoms with Gasteiger partial charge in [-0.05, 0) is 31.4 Å². The number of benzene rings is 2. The second kappa shape index (κ2) is 8.38. The molecule has 34 heavy (non-hydrogen) atoms. The number of hydrogen-bond donors (Lipinski definition) is 0. The average molecular weight is 457 g/mol. The van der Waals surface area contributed by atoms with E-state index in [1.165, 1.54) is 5.56 Å². The van der Waals surface area contributed by atoms with Gasteiger partial charge in [0.05, 0.1) is 5.52 Å². The summed E-state index contributed by atoms with van der Waals surface area (Å²) < 4.78 is 2.08. The first-order valence-corrected chi connectivity index (χ1v) is 12.0. The Labute approximate surface area is 200 Å². The molecule has 2 aromatic heterocycles. The number of aryl methyl sites for hydroxylation is 1. The number of amides is 1. The maximum Gasteiger partial charge on any atom is 0.223 e. The van der Waals surface area contributed by atoms with Crippen molar-refractivity contribution in [3.63, 3.8) is 0 Å². The van der Waals surface area contributed by atoms with E-state index in [0.717, 1.165) is 33.9 Å². The van der Waals surface area contributed by atoms with Gasteiger partial charge in [0, 0.05) is 43.0 Å². The van der Waals surface area contributed by atoms with Gasteiger partial charge < -0.3 is 9.80 Å².